The van der Waals surface area contributed by atoms with E-state index in [1.165, 1.54) is 0 Å². The number of benzene rings is 1. The van der Waals surface area contributed by atoms with Crippen LogP contribution in [-0.4, -0.2) is 30.4 Å². The van der Waals surface area contributed by atoms with Crippen LogP contribution >= 0.6 is 23.2 Å². The summed E-state index contributed by atoms with van der Waals surface area (Å²) in [6.07, 6.45) is 0.449. The van der Waals surface area contributed by atoms with E-state index in [2.05, 4.69) is 5.32 Å². The number of halogens is 2. The molecule has 3 nitrogen and oxygen atoms in total. The fourth-order valence-electron chi connectivity index (χ4n) is 1.68. The zero-order chi connectivity index (χ0) is 13.5. The number of nitrogens with one attached hydrogen (secondary N) is 1. The smallest absolute Gasteiger partial charge is 0.224 e. The fraction of sp³-hybridized carbons (Fsp3) is 0.462. The fourth-order valence-corrected chi connectivity index (χ4v) is 2.05. The molecule has 0 aromatic heterocycles. The first-order valence-corrected chi connectivity index (χ1v) is 6.81. The molecule has 18 heavy (non-hydrogen) atoms. The molecule has 0 aliphatic heterocycles. The number of hydrogen-bond acceptors (Lipinski definition) is 2. The maximum absolute atomic E-state index is 11.8. The molecule has 1 aromatic carbocycles. The molecule has 100 valence electrons. The van der Waals surface area contributed by atoms with Gasteiger partial charge in [-0.15, -0.1) is 0 Å². The second-order valence-corrected chi connectivity index (χ2v) is 4.63. The van der Waals surface area contributed by atoms with Gasteiger partial charge >= 0.3 is 0 Å². The van der Waals surface area contributed by atoms with Crippen molar-refractivity contribution in [1.82, 2.24) is 4.90 Å². The van der Waals surface area contributed by atoms with Gasteiger partial charge in [0.1, 0.15) is 0 Å². The number of amides is 1. The summed E-state index contributed by atoms with van der Waals surface area (Å²) in [5.41, 5.74) is 0.761. The summed E-state index contributed by atoms with van der Waals surface area (Å²) in [6, 6.07) is 5.40. The van der Waals surface area contributed by atoms with Gasteiger partial charge in [0, 0.05) is 26.1 Å². The van der Waals surface area contributed by atoms with Gasteiger partial charge in [-0.3, -0.25) is 4.79 Å². The van der Waals surface area contributed by atoms with E-state index in [-0.39, 0.29) is 5.91 Å². The average Bonchev–Trinajstić information content (AvgIpc) is 2.36. The van der Waals surface area contributed by atoms with Gasteiger partial charge in [-0.05, 0) is 26.0 Å². The van der Waals surface area contributed by atoms with E-state index < -0.39 is 0 Å². The first kappa shape index (κ1) is 15.1. The Labute approximate surface area is 118 Å². The summed E-state index contributed by atoms with van der Waals surface area (Å²) in [7, 11) is 0. The number of rotatable bonds is 6. The van der Waals surface area contributed by atoms with Crippen LogP contribution in [0, 0.1) is 0 Å². The largest absolute Gasteiger partial charge is 0.383 e. The lowest BCUT2D eigenvalue weighted by Gasteiger charge is -2.18. The van der Waals surface area contributed by atoms with Crippen molar-refractivity contribution in [2.75, 3.05) is 25.0 Å². The second-order valence-electron chi connectivity index (χ2n) is 3.84. The maximum Gasteiger partial charge on any atom is 0.224 e. The van der Waals surface area contributed by atoms with Crippen molar-refractivity contribution >= 4 is 34.8 Å². The molecule has 0 saturated heterocycles. The van der Waals surface area contributed by atoms with Crippen LogP contribution in [0.4, 0.5) is 5.69 Å². The van der Waals surface area contributed by atoms with Crippen LogP contribution < -0.4 is 5.32 Å². The van der Waals surface area contributed by atoms with Crippen LogP contribution in [0.3, 0.4) is 0 Å². The number of hydrogen-bond donors (Lipinski definition) is 1. The molecular formula is C13H18Cl2N2O. The molecule has 1 rings (SSSR count). The summed E-state index contributed by atoms with van der Waals surface area (Å²) in [5, 5.41) is 4.13. The monoisotopic (exact) mass is 288 g/mol. The van der Waals surface area contributed by atoms with Gasteiger partial charge in [-0.25, -0.2) is 0 Å². The normalized spacial score (nSPS) is 10.2. The molecule has 1 N–H and O–H groups in total. The van der Waals surface area contributed by atoms with E-state index in [0.29, 0.717) is 23.0 Å². The predicted molar refractivity (Wildman–Crippen MR) is 77.5 cm³/mol. The molecule has 0 fully saturated rings. The molecule has 0 radical (unpaired) electrons. The van der Waals surface area contributed by atoms with Crippen LogP contribution in [-0.2, 0) is 4.79 Å². The zero-order valence-corrected chi connectivity index (χ0v) is 12.2. The molecule has 0 saturated carbocycles. The van der Waals surface area contributed by atoms with Gasteiger partial charge < -0.3 is 10.2 Å². The molecule has 5 heteroatoms. The molecule has 0 aliphatic carbocycles. The first-order valence-electron chi connectivity index (χ1n) is 6.05. The van der Waals surface area contributed by atoms with Crippen molar-refractivity contribution in [3.8, 4) is 0 Å². The minimum absolute atomic E-state index is 0.144. The van der Waals surface area contributed by atoms with Crippen molar-refractivity contribution in [1.29, 1.82) is 0 Å². The molecule has 1 aromatic rings. The van der Waals surface area contributed by atoms with Crippen molar-refractivity contribution in [2.45, 2.75) is 20.3 Å². The van der Waals surface area contributed by atoms with Gasteiger partial charge in [0.2, 0.25) is 5.91 Å². The van der Waals surface area contributed by atoms with Gasteiger partial charge in [-0.1, -0.05) is 29.3 Å². The Hall–Kier alpha value is -0.930. The van der Waals surface area contributed by atoms with Gasteiger partial charge in [-0.2, -0.15) is 0 Å². The molecule has 0 bridgehead atoms. The third-order valence-electron chi connectivity index (χ3n) is 2.72. The molecule has 0 spiro atoms. The number of nitrogens with zero attached hydrogens (tertiary/aromatic N) is 1. The van der Waals surface area contributed by atoms with Crippen LogP contribution in [0.2, 0.25) is 10.0 Å². The minimum Gasteiger partial charge on any atom is -0.383 e. The third-order valence-corrected chi connectivity index (χ3v) is 3.54. The van der Waals surface area contributed by atoms with Crippen molar-refractivity contribution in [3.05, 3.63) is 28.2 Å². The summed E-state index contributed by atoms with van der Waals surface area (Å²) in [4.78, 5) is 13.6. The topological polar surface area (TPSA) is 32.3 Å². The lowest BCUT2D eigenvalue weighted by molar-refractivity contribution is -0.130. The van der Waals surface area contributed by atoms with Crippen LogP contribution in [0.1, 0.15) is 20.3 Å². The lowest BCUT2D eigenvalue weighted by atomic mass is 10.3. The van der Waals surface area contributed by atoms with Gasteiger partial charge in [0.15, 0.2) is 0 Å². The summed E-state index contributed by atoms with van der Waals surface area (Å²) >= 11 is 11.9. The summed E-state index contributed by atoms with van der Waals surface area (Å²) in [5.74, 6) is 0.144. The van der Waals surface area contributed by atoms with Crippen molar-refractivity contribution in [3.63, 3.8) is 0 Å². The highest BCUT2D eigenvalue weighted by Gasteiger charge is 2.09. The van der Waals surface area contributed by atoms with E-state index >= 15 is 0 Å². The Kier molecular flexibility index (Phi) is 6.30. The number of carbonyl (C=O) groups excluding carboxylic acids is 1. The highest BCUT2D eigenvalue weighted by molar-refractivity contribution is 6.43. The SMILES string of the molecule is CCN(CC)C(=O)CCNc1cccc(Cl)c1Cl. The Morgan fingerprint density at radius 3 is 2.56 bits per heavy atom. The van der Waals surface area contributed by atoms with E-state index in [0.717, 1.165) is 18.8 Å². The average molecular weight is 289 g/mol. The van der Waals surface area contributed by atoms with E-state index in [1.807, 2.05) is 26.0 Å². The third kappa shape index (κ3) is 4.07. The highest BCUT2D eigenvalue weighted by atomic mass is 35.5. The zero-order valence-electron chi connectivity index (χ0n) is 10.7. The van der Waals surface area contributed by atoms with Gasteiger partial charge in [0.25, 0.3) is 0 Å². The van der Waals surface area contributed by atoms with E-state index in [4.69, 9.17) is 23.2 Å². The molecule has 0 aliphatic rings. The van der Waals surface area contributed by atoms with E-state index in [1.54, 1.807) is 11.0 Å². The maximum atomic E-state index is 11.8. The molecule has 0 atom stereocenters. The van der Waals surface area contributed by atoms with Crippen LogP contribution in [0.5, 0.6) is 0 Å². The molecular weight excluding hydrogens is 271 g/mol. The molecule has 0 unspecified atom stereocenters. The van der Waals surface area contributed by atoms with Crippen LogP contribution in [0.25, 0.3) is 0 Å². The first-order chi connectivity index (χ1) is 8.60. The standard InChI is InChI=1S/C13H18Cl2N2O/c1-3-17(4-2)12(18)8-9-16-11-7-5-6-10(14)13(11)15/h5-7,16H,3-4,8-9H2,1-2H3. The number of anilines is 1. The summed E-state index contributed by atoms with van der Waals surface area (Å²) in [6.45, 7) is 5.99. The van der Waals surface area contributed by atoms with Gasteiger partial charge in [0.05, 0.1) is 15.7 Å². The van der Waals surface area contributed by atoms with Crippen molar-refractivity contribution < 1.29 is 4.79 Å². The lowest BCUT2D eigenvalue weighted by Crippen LogP contribution is -2.31. The van der Waals surface area contributed by atoms with Crippen molar-refractivity contribution in [2.24, 2.45) is 0 Å². The highest BCUT2D eigenvalue weighted by Crippen LogP contribution is 2.29. The Morgan fingerprint density at radius 2 is 1.94 bits per heavy atom. The number of carbonyl (C=O) groups is 1. The second kappa shape index (κ2) is 7.49. The van der Waals surface area contributed by atoms with E-state index in [9.17, 15) is 4.79 Å². The summed E-state index contributed by atoms with van der Waals surface area (Å²) < 4.78 is 0. The minimum atomic E-state index is 0.144. The Balaban J connectivity index is 2.47. The predicted octanol–water partition coefficient (Wildman–Crippen LogP) is 3.66. The molecule has 0 heterocycles. The Morgan fingerprint density at radius 1 is 1.28 bits per heavy atom. The van der Waals surface area contributed by atoms with Crippen LogP contribution in [0.15, 0.2) is 18.2 Å². The molecule has 1 amide bonds. The Bertz CT molecular complexity index is 406. The quantitative estimate of drug-likeness (QED) is 0.866.